The van der Waals surface area contributed by atoms with E-state index in [4.69, 9.17) is 20.8 Å². The first-order chi connectivity index (χ1) is 15.1. The van der Waals surface area contributed by atoms with Crippen LogP contribution >= 0.6 is 11.6 Å². The Morgan fingerprint density at radius 3 is 2.68 bits per heavy atom. The molecule has 5 aromatic rings. The Labute approximate surface area is 182 Å². The molecular formula is C25H17ClN2O3. The van der Waals surface area contributed by atoms with Crippen molar-refractivity contribution in [2.75, 3.05) is 7.11 Å². The van der Waals surface area contributed by atoms with Crippen molar-refractivity contribution in [3.8, 4) is 5.75 Å². The second kappa shape index (κ2) is 7.78. The third-order valence-corrected chi connectivity index (χ3v) is 5.51. The van der Waals surface area contributed by atoms with Gasteiger partial charge in [-0.25, -0.2) is 5.43 Å². The van der Waals surface area contributed by atoms with Gasteiger partial charge in [0.2, 0.25) is 0 Å². The molecule has 0 fully saturated rings. The molecule has 5 nitrogen and oxygen atoms in total. The van der Waals surface area contributed by atoms with Crippen molar-refractivity contribution in [3.05, 3.63) is 89.1 Å². The van der Waals surface area contributed by atoms with Gasteiger partial charge < -0.3 is 9.15 Å². The molecule has 1 aromatic heterocycles. The highest BCUT2D eigenvalue weighted by Gasteiger charge is 2.13. The summed E-state index contributed by atoms with van der Waals surface area (Å²) in [6, 6.07) is 23.0. The molecule has 0 spiro atoms. The molecule has 0 atom stereocenters. The zero-order chi connectivity index (χ0) is 21.4. The molecule has 0 unspecified atom stereocenters. The van der Waals surface area contributed by atoms with Crippen LogP contribution in [0.2, 0.25) is 5.02 Å². The predicted octanol–water partition coefficient (Wildman–Crippen LogP) is 6.17. The molecule has 6 heteroatoms. The van der Waals surface area contributed by atoms with Crippen LogP contribution in [0, 0.1) is 0 Å². The normalized spacial score (nSPS) is 11.5. The molecule has 152 valence electrons. The van der Waals surface area contributed by atoms with Gasteiger partial charge in [0.25, 0.3) is 0 Å². The number of nitrogens with zero attached hydrogens (tertiary/aromatic N) is 1. The molecular weight excluding hydrogens is 412 g/mol. The quantitative estimate of drug-likeness (QED) is 0.275. The molecule has 0 aliphatic carbocycles. The number of furan rings is 1. The third kappa shape index (κ3) is 3.60. The highest BCUT2D eigenvalue weighted by Crippen LogP contribution is 2.28. The summed E-state index contributed by atoms with van der Waals surface area (Å²) in [6.07, 6.45) is 1.52. The summed E-state index contributed by atoms with van der Waals surface area (Å²) >= 11 is 6.38. The number of amides is 1. The highest BCUT2D eigenvalue weighted by molar-refractivity contribution is 6.34. The van der Waals surface area contributed by atoms with E-state index in [1.165, 1.54) is 6.21 Å². The van der Waals surface area contributed by atoms with Crippen molar-refractivity contribution in [2.24, 2.45) is 5.10 Å². The third-order valence-electron chi connectivity index (χ3n) is 5.18. The number of hydrogen-bond acceptors (Lipinski definition) is 4. The Kier molecular flexibility index (Phi) is 4.81. The molecule has 31 heavy (non-hydrogen) atoms. The van der Waals surface area contributed by atoms with Gasteiger partial charge in [-0.2, -0.15) is 5.10 Å². The second-order valence-corrected chi connectivity index (χ2v) is 7.50. The SMILES string of the molecule is COc1ccc2cc(C=NNC(=O)c3cc4c(ccc5ccccc54)o3)c(Cl)cc2c1. The lowest BCUT2D eigenvalue weighted by Crippen LogP contribution is -2.16. The molecule has 0 bridgehead atoms. The van der Waals surface area contributed by atoms with Crippen molar-refractivity contribution >= 4 is 56.2 Å². The summed E-state index contributed by atoms with van der Waals surface area (Å²) in [5, 5.41) is 9.54. The Morgan fingerprint density at radius 2 is 1.81 bits per heavy atom. The molecule has 0 radical (unpaired) electrons. The minimum atomic E-state index is -0.432. The summed E-state index contributed by atoms with van der Waals surface area (Å²) in [7, 11) is 1.62. The Balaban J connectivity index is 1.39. The lowest BCUT2D eigenvalue weighted by molar-refractivity contribution is 0.0929. The number of ether oxygens (including phenoxy) is 1. The van der Waals surface area contributed by atoms with Crippen LogP contribution in [-0.4, -0.2) is 19.2 Å². The van der Waals surface area contributed by atoms with Crippen molar-refractivity contribution in [1.29, 1.82) is 0 Å². The highest BCUT2D eigenvalue weighted by atomic mass is 35.5. The van der Waals surface area contributed by atoms with E-state index in [0.717, 1.165) is 32.7 Å². The topological polar surface area (TPSA) is 63.8 Å². The largest absolute Gasteiger partial charge is 0.497 e. The number of fused-ring (bicyclic) bond motifs is 4. The maximum Gasteiger partial charge on any atom is 0.307 e. The maximum atomic E-state index is 12.5. The minimum absolute atomic E-state index is 0.195. The van der Waals surface area contributed by atoms with Crippen LogP contribution < -0.4 is 10.2 Å². The fourth-order valence-electron chi connectivity index (χ4n) is 3.61. The maximum absolute atomic E-state index is 12.5. The fourth-order valence-corrected chi connectivity index (χ4v) is 3.83. The summed E-state index contributed by atoms with van der Waals surface area (Å²) < 4.78 is 11.0. The van der Waals surface area contributed by atoms with Gasteiger partial charge in [0.1, 0.15) is 11.3 Å². The number of hydrazone groups is 1. The summed E-state index contributed by atoms with van der Waals surface area (Å²) in [6.45, 7) is 0. The number of benzene rings is 4. The molecule has 1 heterocycles. The van der Waals surface area contributed by atoms with Gasteiger partial charge in [-0.15, -0.1) is 0 Å². The number of nitrogens with one attached hydrogen (secondary N) is 1. The molecule has 5 rings (SSSR count). The van der Waals surface area contributed by atoms with Crippen LogP contribution in [0.25, 0.3) is 32.5 Å². The van der Waals surface area contributed by atoms with E-state index in [2.05, 4.69) is 10.5 Å². The number of methoxy groups -OCH3 is 1. The fraction of sp³-hybridized carbons (Fsp3) is 0.0400. The summed E-state index contributed by atoms with van der Waals surface area (Å²) in [5.74, 6) is 0.522. The van der Waals surface area contributed by atoms with Gasteiger partial charge in [-0.1, -0.05) is 48.0 Å². The Hall–Kier alpha value is -3.83. The van der Waals surface area contributed by atoms with Crippen LogP contribution in [0.4, 0.5) is 0 Å². The standard InChI is InChI=1S/C25H17ClN2O3/c1-30-19-8-6-16-10-18(22(26)12-17(16)11-19)14-27-28-25(29)24-13-21-20-5-3-2-4-15(20)7-9-23(21)31-24/h2-14H,1H3,(H,28,29). The zero-order valence-electron chi connectivity index (χ0n) is 16.6. The first-order valence-electron chi connectivity index (χ1n) is 9.64. The lowest BCUT2D eigenvalue weighted by atomic mass is 10.1. The minimum Gasteiger partial charge on any atom is -0.497 e. The predicted molar refractivity (Wildman–Crippen MR) is 124 cm³/mol. The number of carbonyl (C=O) groups excluding carboxylic acids is 1. The van der Waals surface area contributed by atoms with E-state index in [-0.39, 0.29) is 5.76 Å². The molecule has 0 aliphatic heterocycles. The number of hydrogen-bond donors (Lipinski definition) is 1. The summed E-state index contributed by atoms with van der Waals surface area (Å²) in [4.78, 5) is 12.5. The smallest absolute Gasteiger partial charge is 0.307 e. The van der Waals surface area contributed by atoms with Crippen LogP contribution in [0.3, 0.4) is 0 Å². The van der Waals surface area contributed by atoms with Gasteiger partial charge in [0, 0.05) is 10.9 Å². The molecule has 0 saturated carbocycles. The van der Waals surface area contributed by atoms with Gasteiger partial charge >= 0.3 is 5.91 Å². The van der Waals surface area contributed by atoms with Crippen molar-refractivity contribution in [3.63, 3.8) is 0 Å². The average molecular weight is 429 g/mol. The van der Waals surface area contributed by atoms with E-state index in [9.17, 15) is 4.79 Å². The average Bonchev–Trinajstić information content (AvgIpc) is 3.24. The zero-order valence-corrected chi connectivity index (χ0v) is 17.3. The van der Waals surface area contributed by atoms with E-state index in [0.29, 0.717) is 16.2 Å². The van der Waals surface area contributed by atoms with Gasteiger partial charge in [0.05, 0.1) is 18.3 Å². The molecule has 1 N–H and O–H groups in total. The lowest BCUT2D eigenvalue weighted by Gasteiger charge is -2.05. The number of rotatable bonds is 4. The number of halogens is 1. The monoisotopic (exact) mass is 428 g/mol. The summed E-state index contributed by atoms with van der Waals surface area (Å²) in [5.41, 5.74) is 3.85. The Morgan fingerprint density at radius 1 is 0.968 bits per heavy atom. The van der Waals surface area contributed by atoms with Crippen molar-refractivity contribution < 1.29 is 13.9 Å². The first kappa shape index (κ1) is 19.2. The second-order valence-electron chi connectivity index (χ2n) is 7.10. The van der Waals surface area contributed by atoms with E-state index in [1.807, 2.05) is 66.7 Å². The van der Waals surface area contributed by atoms with Crippen molar-refractivity contribution in [1.82, 2.24) is 5.43 Å². The van der Waals surface area contributed by atoms with Crippen LogP contribution in [0.15, 0.2) is 82.3 Å². The molecule has 0 saturated heterocycles. The first-order valence-corrected chi connectivity index (χ1v) is 10.0. The van der Waals surface area contributed by atoms with Gasteiger partial charge in [-0.3, -0.25) is 4.79 Å². The van der Waals surface area contributed by atoms with Gasteiger partial charge in [0.15, 0.2) is 5.76 Å². The van der Waals surface area contributed by atoms with Crippen molar-refractivity contribution in [2.45, 2.75) is 0 Å². The van der Waals surface area contributed by atoms with E-state index >= 15 is 0 Å². The van der Waals surface area contributed by atoms with Crippen LogP contribution in [0.5, 0.6) is 5.75 Å². The van der Waals surface area contributed by atoms with Gasteiger partial charge in [-0.05, 0) is 57.9 Å². The number of carbonyl (C=O) groups is 1. The molecule has 1 amide bonds. The Bertz CT molecular complexity index is 1490. The van der Waals surface area contributed by atoms with Crippen LogP contribution in [0.1, 0.15) is 16.1 Å². The van der Waals surface area contributed by atoms with Crippen LogP contribution in [-0.2, 0) is 0 Å². The van der Waals surface area contributed by atoms with E-state index in [1.54, 1.807) is 13.2 Å². The molecule has 4 aromatic carbocycles. The molecule has 0 aliphatic rings. The van der Waals surface area contributed by atoms with E-state index < -0.39 is 5.91 Å².